The van der Waals surface area contributed by atoms with Gasteiger partial charge in [0, 0.05) is 10.8 Å². The molecule has 1 fully saturated rings. The summed E-state index contributed by atoms with van der Waals surface area (Å²) in [7, 11) is 0. The SMILES string of the molecule is C[C@@H](O)C(CO)OC(SC1CCCCC1)[C@@H](O)Cn1cc(-c2cc(F)c(F)c(F)c2)nn1. The number of aliphatic hydroxyl groups is 3. The second kappa shape index (κ2) is 11.5. The van der Waals surface area contributed by atoms with Crippen molar-refractivity contribution in [1.29, 1.82) is 0 Å². The monoisotopic (exact) mass is 475 g/mol. The molecule has 3 N–H and O–H groups in total. The minimum Gasteiger partial charge on any atom is -0.394 e. The normalized spacial score (nSPS) is 19.0. The van der Waals surface area contributed by atoms with Gasteiger partial charge in [-0.25, -0.2) is 17.9 Å². The number of nitrogens with zero attached hydrogens (tertiary/aromatic N) is 3. The minimum absolute atomic E-state index is 0.0148. The number of halogens is 3. The van der Waals surface area contributed by atoms with Crippen LogP contribution in [0.1, 0.15) is 39.0 Å². The zero-order valence-corrected chi connectivity index (χ0v) is 18.5. The van der Waals surface area contributed by atoms with E-state index in [1.165, 1.54) is 36.0 Å². The predicted octanol–water partition coefficient (Wildman–Crippen LogP) is 2.87. The van der Waals surface area contributed by atoms with Crippen LogP contribution in [0.5, 0.6) is 0 Å². The van der Waals surface area contributed by atoms with Gasteiger partial charge in [-0.15, -0.1) is 16.9 Å². The van der Waals surface area contributed by atoms with E-state index in [0.29, 0.717) is 0 Å². The van der Waals surface area contributed by atoms with Crippen LogP contribution in [0.4, 0.5) is 13.2 Å². The first-order valence-electron chi connectivity index (χ1n) is 10.6. The molecule has 178 valence electrons. The Labute approximate surface area is 188 Å². The second-order valence-corrected chi connectivity index (χ2v) is 9.41. The Morgan fingerprint density at radius 3 is 2.41 bits per heavy atom. The standard InChI is InChI=1S/C21H28F3N3O4S/c1-12(29)19(11-28)31-21(32-14-5-3-2-4-6-14)18(30)10-27-9-17(25-26-27)13-7-15(22)20(24)16(23)8-13/h7-9,12,14,18-19,21,28-30H,2-6,10-11H2,1H3/t12-,18+,19?,21?/m1/s1. The number of aliphatic hydroxyl groups excluding tert-OH is 3. The molecule has 0 bridgehead atoms. The Morgan fingerprint density at radius 1 is 1.16 bits per heavy atom. The van der Waals surface area contributed by atoms with E-state index in [9.17, 15) is 28.5 Å². The van der Waals surface area contributed by atoms with Crippen LogP contribution in [0.3, 0.4) is 0 Å². The van der Waals surface area contributed by atoms with Gasteiger partial charge in [-0.3, -0.25) is 0 Å². The van der Waals surface area contributed by atoms with E-state index < -0.39 is 47.8 Å². The van der Waals surface area contributed by atoms with Gasteiger partial charge in [0.2, 0.25) is 0 Å². The first-order valence-corrected chi connectivity index (χ1v) is 11.6. The molecular weight excluding hydrogens is 447 g/mol. The van der Waals surface area contributed by atoms with Crippen molar-refractivity contribution in [2.75, 3.05) is 6.61 Å². The minimum atomic E-state index is -1.56. The first kappa shape index (κ1) is 25.0. The zero-order valence-electron chi connectivity index (χ0n) is 17.7. The Bertz CT molecular complexity index is 857. The van der Waals surface area contributed by atoms with Crippen LogP contribution < -0.4 is 0 Å². The lowest BCUT2D eigenvalue weighted by Crippen LogP contribution is -2.40. The van der Waals surface area contributed by atoms with Crippen molar-refractivity contribution in [3.63, 3.8) is 0 Å². The summed E-state index contributed by atoms with van der Waals surface area (Å²) < 4.78 is 47.4. The number of ether oxygens (including phenoxy) is 1. The molecule has 1 heterocycles. The smallest absolute Gasteiger partial charge is 0.194 e. The number of hydrogen-bond donors (Lipinski definition) is 3. The maximum atomic E-state index is 13.5. The van der Waals surface area contributed by atoms with Crippen LogP contribution in [-0.2, 0) is 11.3 Å². The molecule has 7 nitrogen and oxygen atoms in total. The molecule has 1 aliphatic rings. The number of rotatable bonds is 10. The van der Waals surface area contributed by atoms with E-state index in [1.807, 2.05) is 0 Å². The van der Waals surface area contributed by atoms with Gasteiger partial charge < -0.3 is 20.1 Å². The van der Waals surface area contributed by atoms with Crippen LogP contribution >= 0.6 is 11.8 Å². The molecule has 1 aliphatic carbocycles. The van der Waals surface area contributed by atoms with Crippen LogP contribution in [0.2, 0.25) is 0 Å². The summed E-state index contributed by atoms with van der Waals surface area (Å²) in [5, 5.41) is 38.2. The van der Waals surface area contributed by atoms with Crippen molar-refractivity contribution in [3.05, 3.63) is 35.8 Å². The summed E-state index contributed by atoms with van der Waals surface area (Å²) >= 11 is 1.47. The average molecular weight is 476 g/mol. The molecule has 1 saturated carbocycles. The van der Waals surface area contributed by atoms with E-state index >= 15 is 0 Å². The molecule has 2 aromatic rings. The van der Waals surface area contributed by atoms with Gasteiger partial charge in [0.15, 0.2) is 17.5 Å². The third kappa shape index (κ3) is 6.44. The van der Waals surface area contributed by atoms with Gasteiger partial charge in [0.25, 0.3) is 0 Å². The van der Waals surface area contributed by atoms with Crippen LogP contribution in [0, 0.1) is 17.5 Å². The molecule has 3 rings (SSSR count). The molecule has 0 aliphatic heterocycles. The summed E-state index contributed by atoms with van der Waals surface area (Å²) in [6.45, 7) is 1.06. The lowest BCUT2D eigenvalue weighted by Gasteiger charge is -2.32. The molecule has 2 unspecified atom stereocenters. The fourth-order valence-corrected chi connectivity index (χ4v) is 5.05. The Hall–Kier alpha value is -1.66. The number of benzene rings is 1. The van der Waals surface area contributed by atoms with Crippen molar-refractivity contribution in [3.8, 4) is 11.3 Å². The van der Waals surface area contributed by atoms with Crippen molar-refractivity contribution in [1.82, 2.24) is 15.0 Å². The molecule has 0 spiro atoms. The molecule has 32 heavy (non-hydrogen) atoms. The second-order valence-electron chi connectivity index (χ2n) is 8.01. The maximum Gasteiger partial charge on any atom is 0.194 e. The molecule has 0 saturated heterocycles. The predicted molar refractivity (Wildman–Crippen MR) is 113 cm³/mol. The highest BCUT2D eigenvalue weighted by Crippen LogP contribution is 2.34. The zero-order chi connectivity index (χ0) is 23.3. The number of aromatic nitrogens is 3. The van der Waals surface area contributed by atoms with E-state index in [4.69, 9.17) is 4.74 Å². The van der Waals surface area contributed by atoms with Crippen molar-refractivity contribution >= 4 is 11.8 Å². The van der Waals surface area contributed by atoms with Gasteiger partial charge in [-0.05, 0) is 31.9 Å². The summed E-state index contributed by atoms with van der Waals surface area (Å²) in [6.07, 6.45) is 3.88. The van der Waals surface area contributed by atoms with Crippen molar-refractivity contribution < 1.29 is 33.2 Å². The van der Waals surface area contributed by atoms with Crippen LogP contribution in [0.15, 0.2) is 18.3 Å². The summed E-state index contributed by atoms with van der Waals surface area (Å²) in [4.78, 5) is 0. The van der Waals surface area contributed by atoms with Gasteiger partial charge >= 0.3 is 0 Å². The number of hydrogen-bond acceptors (Lipinski definition) is 7. The third-order valence-electron chi connectivity index (χ3n) is 5.41. The fraction of sp³-hybridized carbons (Fsp3) is 0.619. The molecule has 4 atom stereocenters. The first-order chi connectivity index (χ1) is 15.3. The van der Waals surface area contributed by atoms with E-state index in [1.54, 1.807) is 0 Å². The summed E-state index contributed by atoms with van der Waals surface area (Å²) in [5.74, 6) is -4.23. The Kier molecular flexibility index (Phi) is 8.95. The third-order valence-corrected chi connectivity index (χ3v) is 6.96. The summed E-state index contributed by atoms with van der Waals surface area (Å²) in [5.41, 5.74) is -0.608. The Balaban J connectivity index is 1.72. The maximum absolute atomic E-state index is 13.5. The van der Waals surface area contributed by atoms with Crippen molar-refractivity contribution in [2.45, 2.75) is 74.6 Å². The topological polar surface area (TPSA) is 101 Å². The van der Waals surface area contributed by atoms with Gasteiger partial charge in [-0.2, -0.15) is 0 Å². The van der Waals surface area contributed by atoms with Crippen molar-refractivity contribution in [2.24, 2.45) is 0 Å². The highest BCUT2D eigenvalue weighted by Gasteiger charge is 2.30. The highest BCUT2D eigenvalue weighted by atomic mass is 32.2. The van der Waals surface area contributed by atoms with E-state index in [2.05, 4.69) is 10.3 Å². The molecular formula is C21H28F3N3O4S. The molecule has 0 amide bonds. The van der Waals surface area contributed by atoms with Gasteiger partial charge in [-0.1, -0.05) is 24.5 Å². The number of thioether (sulfide) groups is 1. The van der Waals surface area contributed by atoms with Crippen LogP contribution in [-0.4, -0.2) is 65.9 Å². The summed E-state index contributed by atoms with van der Waals surface area (Å²) in [6, 6.07) is 1.64. The molecule has 0 radical (unpaired) electrons. The lowest BCUT2D eigenvalue weighted by atomic mass is 10.0. The fourth-order valence-electron chi connectivity index (χ4n) is 3.59. The lowest BCUT2D eigenvalue weighted by molar-refractivity contribution is -0.0974. The van der Waals surface area contributed by atoms with Gasteiger partial charge in [0.1, 0.15) is 23.3 Å². The molecule has 1 aromatic carbocycles. The average Bonchev–Trinajstić information content (AvgIpc) is 3.23. The highest BCUT2D eigenvalue weighted by molar-refractivity contribution is 8.00. The quantitative estimate of drug-likeness (QED) is 0.359. The molecule has 1 aromatic heterocycles. The van der Waals surface area contributed by atoms with Crippen LogP contribution in [0.25, 0.3) is 11.3 Å². The van der Waals surface area contributed by atoms with Gasteiger partial charge in [0.05, 0.1) is 25.5 Å². The largest absolute Gasteiger partial charge is 0.394 e. The molecule has 11 heteroatoms. The van der Waals surface area contributed by atoms with E-state index in [-0.39, 0.29) is 23.1 Å². The Morgan fingerprint density at radius 2 is 1.81 bits per heavy atom. The van der Waals surface area contributed by atoms with E-state index in [0.717, 1.165) is 37.8 Å².